The van der Waals surface area contributed by atoms with Crippen molar-refractivity contribution in [3.8, 4) is 0 Å². The van der Waals surface area contributed by atoms with Crippen molar-refractivity contribution in [1.82, 2.24) is 4.72 Å². The fourth-order valence-electron chi connectivity index (χ4n) is 3.66. The Morgan fingerprint density at radius 2 is 1.66 bits per heavy atom. The zero-order chi connectivity index (χ0) is 21.2. The molecule has 2 aromatic carbocycles. The van der Waals surface area contributed by atoms with Gasteiger partial charge in [0.25, 0.3) is 15.9 Å². The third-order valence-corrected chi connectivity index (χ3v) is 7.53. The van der Waals surface area contributed by atoms with Crippen LogP contribution in [0.2, 0.25) is 0 Å². The van der Waals surface area contributed by atoms with E-state index >= 15 is 0 Å². The van der Waals surface area contributed by atoms with Crippen molar-refractivity contribution in [1.29, 1.82) is 0 Å². The third kappa shape index (κ3) is 4.67. The number of nitrogens with two attached hydrogens (primary N) is 1. The smallest absolute Gasteiger partial charge is 0.265 e. The van der Waals surface area contributed by atoms with Crippen molar-refractivity contribution < 1.29 is 26.7 Å². The minimum atomic E-state index is -4.49. The van der Waals surface area contributed by atoms with Crippen molar-refractivity contribution in [3.63, 3.8) is 0 Å². The van der Waals surface area contributed by atoms with Crippen LogP contribution in [0.15, 0.2) is 52.3 Å². The maximum absolute atomic E-state index is 12.6. The molecule has 1 fully saturated rings. The van der Waals surface area contributed by atoms with Crippen molar-refractivity contribution in [3.05, 3.63) is 59.2 Å². The van der Waals surface area contributed by atoms with E-state index in [-0.39, 0.29) is 12.2 Å². The van der Waals surface area contributed by atoms with Gasteiger partial charge in [-0.1, -0.05) is 31.0 Å². The number of hydrogen-bond donors (Lipinski definition) is 3. The molecule has 156 valence electrons. The van der Waals surface area contributed by atoms with Crippen molar-refractivity contribution >= 4 is 26.0 Å². The van der Waals surface area contributed by atoms with Gasteiger partial charge in [0, 0.05) is 5.56 Å². The van der Waals surface area contributed by atoms with Gasteiger partial charge in [0.1, 0.15) is 9.79 Å². The first-order valence-corrected chi connectivity index (χ1v) is 12.1. The number of aliphatic hydroxyl groups is 1. The molecule has 0 unspecified atom stereocenters. The van der Waals surface area contributed by atoms with Crippen molar-refractivity contribution in [2.45, 2.75) is 48.0 Å². The Kier molecular flexibility index (Phi) is 6.08. The number of amides is 1. The largest absolute Gasteiger partial charge is 0.392 e. The van der Waals surface area contributed by atoms with Crippen LogP contribution in [0.25, 0.3) is 0 Å². The summed E-state index contributed by atoms with van der Waals surface area (Å²) < 4.78 is 50.5. The second-order valence-electron chi connectivity index (χ2n) is 6.98. The van der Waals surface area contributed by atoms with Gasteiger partial charge in [-0.2, -0.15) is 0 Å². The van der Waals surface area contributed by atoms with Gasteiger partial charge in [0.15, 0.2) is 0 Å². The van der Waals surface area contributed by atoms with Gasteiger partial charge >= 0.3 is 0 Å². The topological polar surface area (TPSA) is 144 Å². The summed E-state index contributed by atoms with van der Waals surface area (Å²) in [5.74, 6) is -0.610. The molecule has 1 amide bonds. The number of benzene rings is 2. The SMILES string of the molecule is NS(=O)(=O)c1ccccc1S(=O)(=O)NC(=O)c1ccc(C2CCCC2)c(CO)c1. The minimum absolute atomic E-state index is 0.0486. The van der Waals surface area contributed by atoms with Crippen LogP contribution < -0.4 is 9.86 Å². The second-order valence-corrected chi connectivity index (χ2v) is 10.2. The van der Waals surface area contributed by atoms with E-state index in [1.807, 2.05) is 4.72 Å². The molecule has 0 aliphatic heterocycles. The molecule has 2 aromatic rings. The highest BCUT2D eigenvalue weighted by molar-refractivity contribution is 7.92. The van der Waals surface area contributed by atoms with E-state index in [1.165, 1.54) is 24.3 Å². The fraction of sp³-hybridized carbons (Fsp3) is 0.316. The molecule has 0 bridgehead atoms. The molecule has 1 aliphatic carbocycles. The highest BCUT2D eigenvalue weighted by Crippen LogP contribution is 2.36. The van der Waals surface area contributed by atoms with Crippen LogP contribution >= 0.6 is 0 Å². The number of primary sulfonamides is 1. The summed E-state index contributed by atoms with van der Waals surface area (Å²) in [7, 11) is -8.79. The van der Waals surface area contributed by atoms with Gasteiger partial charge in [-0.05, 0) is 54.2 Å². The molecular formula is C19H22N2O6S2. The maximum atomic E-state index is 12.6. The molecule has 3 rings (SSSR count). The number of nitrogens with one attached hydrogen (secondary N) is 1. The van der Waals surface area contributed by atoms with E-state index in [2.05, 4.69) is 0 Å². The first-order valence-electron chi connectivity index (χ1n) is 9.06. The molecule has 0 aromatic heterocycles. The number of sulfonamides is 2. The van der Waals surface area contributed by atoms with E-state index in [9.17, 15) is 26.7 Å². The Hall–Kier alpha value is -2.27. The Balaban J connectivity index is 1.90. The predicted molar refractivity (Wildman–Crippen MR) is 106 cm³/mol. The summed E-state index contributed by atoms with van der Waals surface area (Å²) in [5, 5.41) is 14.8. The summed E-state index contributed by atoms with van der Waals surface area (Å²) in [4.78, 5) is 11.3. The van der Waals surface area contributed by atoms with Crippen molar-refractivity contribution in [2.24, 2.45) is 5.14 Å². The van der Waals surface area contributed by atoms with E-state index < -0.39 is 35.7 Å². The first-order chi connectivity index (χ1) is 13.6. The lowest BCUT2D eigenvalue weighted by Gasteiger charge is -2.16. The van der Waals surface area contributed by atoms with E-state index in [1.54, 1.807) is 6.07 Å². The number of hydrogen-bond acceptors (Lipinski definition) is 6. The Morgan fingerprint density at radius 3 is 2.24 bits per heavy atom. The lowest BCUT2D eigenvalue weighted by Crippen LogP contribution is -2.32. The molecule has 0 atom stereocenters. The predicted octanol–water partition coefficient (Wildman–Crippen LogP) is 1.60. The molecule has 0 saturated heterocycles. The zero-order valence-electron chi connectivity index (χ0n) is 15.5. The van der Waals surface area contributed by atoms with Crippen LogP contribution in [0, 0.1) is 0 Å². The summed E-state index contributed by atoms with van der Waals surface area (Å²) in [6.45, 7) is -0.270. The lowest BCUT2D eigenvalue weighted by molar-refractivity contribution is 0.0981. The van der Waals surface area contributed by atoms with Crippen LogP contribution in [0.1, 0.15) is 53.1 Å². The molecule has 1 saturated carbocycles. The highest BCUT2D eigenvalue weighted by Gasteiger charge is 2.27. The molecule has 10 heteroatoms. The summed E-state index contributed by atoms with van der Waals surface area (Å²) in [5.41, 5.74) is 1.59. The molecular weight excluding hydrogens is 416 g/mol. The van der Waals surface area contributed by atoms with Gasteiger partial charge in [0.2, 0.25) is 10.0 Å². The van der Waals surface area contributed by atoms with Gasteiger partial charge in [-0.15, -0.1) is 0 Å². The van der Waals surface area contributed by atoms with Crippen LogP contribution in [-0.4, -0.2) is 27.8 Å². The number of aliphatic hydroxyl groups excluding tert-OH is 1. The Morgan fingerprint density at radius 1 is 1.03 bits per heavy atom. The molecule has 1 aliphatic rings. The Labute approximate surface area is 169 Å². The monoisotopic (exact) mass is 438 g/mol. The molecule has 8 nitrogen and oxygen atoms in total. The van der Waals surface area contributed by atoms with E-state index in [4.69, 9.17) is 5.14 Å². The van der Waals surface area contributed by atoms with Gasteiger partial charge in [-0.25, -0.2) is 26.7 Å². The molecule has 0 spiro atoms. The normalized spacial score (nSPS) is 15.4. The maximum Gasteiger partial charge on any atom is 0.265 e. The van der Waals surface area contributed by atoms with Crippen molar-refractivity contribution in [2.75, 3.05) is 0 Å². The average molecular weight is 439 g/mol. The van der Waals surface area contributed by atoms with E-state index in [0.29, 0.717) is 11.5 Å². The highest BCUT2D eigenvalue weighted by atomic mass is 32.2. The molecule has 0 heterocycles. The standard InChI is InChI=1S/C19H22N2O6S2/c20-28(24,25)17-7-3-4-8-18(17)29(26,27)21-19(23)14-9-10-16(15(11-14)12-22)13-5-1-2-6-13/h3-4,7-11,13,22H,1-2,5-6,12H2,(H,21,23)(H2,20,24,25). The third-order valence-electron chi connectivity index (χ3n) is 5.04. The number of carbonyl (C=O) groups excluding carboxylic acids is 1. The molecule has 29 heavy (non-hydrogen) atoms. The van der Waals surface area contributed by atoms with Gasteiger partial charge < -0.3 is 5.11 Å². The summed E-state index contributed by atoms with van der Waals surface area (Å²) in [6.07, 6.45) is 4.24. The van der Waals surface area contributed by atoms with Gasteiger partial charge in [-0.3, -0.25) is 4.79 Å². The van der Waals surface area contributed by atoms with Crippen LogP contribution in [0.4, 0.5) is 0 Å². The molecule has 4 N–H and O–H groups in total. The molecule has 0 radical (unpaired) electrons. The average Bonchev–Trinajstić information content (AvgIpc) is 3.21. The van der Waals surface area contributed by atoms with Gasteiger partial charge in [0.05, 0.1) is 6.61 Å². The first kappa shape index (κ1) is 21.4. The number of rotatable bonds is 6. The second kappa shape index (κ2) is 8.23. The quantitative estimate of drug-likeness (QED) is 0.625. The van der Waals surface area contributed by atoms with E-state index in [0.717, 1.165) is 43.4 Å². The summed E-state index contributed by atoms with van der Waals surface area (Å²) >= 11 is 0. The minimum Gasteiger partial charge on any atom is -0.392 e. The van der Waals surface area contributed by atoms with Crippen LogP contribution in [0.3, 0.4) is 0 Å². The Bertz CT molecular complexity index is 1140. The zero-order valence-corrected chi connectivity index (χ0v) is 17.2. The van der Waals surface area contributed by atoms with Crippen LogP contribution in [-0.2, 0) is 26.7 Å². The fourth-order valence-corrected chi connectivity index (χ4v) is 6.02. The number of carbonyl (C=O) groups is 1. The van der Waals surface area contributed by atoms with Crippen LogP contribution in [0.5, 0.6) is 0 Å². The summed E-state index contributed by atoms with van der Waals surface area (Å²) in [6, 6.07) is 9.46. The lowest BCUT2D eigenvalue weighted by atomic mass is 9.92.